The van der Waals surface area contributed by atoms with Gasteiger partial charge in [-0.3, -0.25) is 4.79 Å². The molecule has 2 rings (SSSR count). The Bertz CT molecular complexity index is 421. The summed E-state index contributed by atoms with van der Waals surface area (Å²) < 4.78 is 0.606. The number of aliphatic carboxylic acids is 1. The third-order valence-corrected chi connectivity index (χ3v) is 3.21. The van der Waals surface area contributed by atoms with E-state index in [1.165, 1.54) is 0 Å². The zero-order valence-corrected chi connectivity index (χ0v) is 10.1. The second-order valence-corrected chi connectivity index (χ2v) is 4.72. The number of carboxylic acids is 1. The molecule has 0 aliphatic heterocycles. The predicted octanol–water partition coefficient (Wildman–Crippen LogP) is 1.24. The second-order valence-electron chi connectivity index (χ2n) is 3.86. The van der Waals surface area contributed by atoms with E-state index in [0.717, 1.165) is 18.7 Å². The molecule has 6 heteroatoms. The summed E-state index contributed by atoms with van der Waals surface area (Å²) in [4.78, 5) is 19.5. The van der Waals surface area contributed by atoms with E-state index in [1.54, 1.807) is 6.20 Å². The first-order valence-corrected chi connectivity index (χ1v) is 5.88. The molecular weight excluding hydrogens is 274 g/mol. The SMILES string of the molecule is NCC(C(=O)O)c1nc(C2CC2)ncc1Br. The summed E-state index contributed by atoms with van der Waals surface area (Å²) in [5.41, 5.74) is 5.93. The maximum absolute atomic E-state index is 11.0. The molecule has 1 saturated carbocycles. The average Bonchev–Trinajstić information content (AvgIpc) is 3.05. The topological polar surface area (TPSA) is 89.1 Å². The van der Waals surface area contributed by atoms with Gasteiger partial charge in [-0.25, -0.2) is 9.97 Å². The Balaban J connectivity index is 2.36. The summed E-state index contributed by atoms with van der Waals surface area (Å²) in [5, 5.41) is 9.04. The van der Waals surface area contributed by atoms with E-state index in [4.69, 9.17) is 10.8 Å². The third-order valence-electron chi connectivity index (χ3n) is 2.60. The summed E-state index contributed by atoms with van der Waals surface area (Å²) in [7, 11) is 0. The first kappa shape index (κ1) is 11.5. The van der Waals surface area contributed by atoms with Gasteiger partial charge in [-0.15, -0.1) is 0 Å². The van der Waals surface area contributed by atoms with Crippen LogP contribution >= 0.6 is 15.9 Å². The van der Waals surface area contributed by atoms with E-state index in [1.807, 2.05) is 0 Å². The zero-order chi connectivity index (χ0) is 11.7. The molecule has 1 aromatic heterocycles. The van der Waals surface area contributed by atoms with Gasteiger partial charge in [0.2, 0.25) is 0 Å². The van der Waals surface area contributed by atoms with Gasteiger partial charge < -0.3 is 10.8 Å². The number of hydrogen-bond acceptors (Lipinski definition) is 4. The van der Waals surface area contributed by atoms with E-state index >= 15 is 0 Å². The molecule has 1 atom stereocenters. The van der Waals surface area contributed by atoms with Gasteiger partial charge in [0.15, 0.2) is 0 Å². The fourth-order valence-corrected chi connectivity index (χ4v) is 1.97. The zero-order valence-electron chi connectivity index (χ0n) is 8.56. The summed E-state index contributed by atoms with van der Waals surface area (Å²) in [5.74, 6) is -0.588. The van der Waals surface area contributed by atoms with Crippen molar-refractivity contribution in [3.63, 3.8) is 0 Å². The van der Waals surface area contributed by atoms with E-state index in [-0.39, 0.29) is 6.54 Å². The van der Waals surface area contributed by atoms with Crippen molar-refractivity contribution in [1.29, 1.82) is 0 Å². The van der Waals surface area contributed by atoms with Crippen LogP contribution < -0.4 is 5.73 Å². The number of carboxylic acid groups (broad SMARTS) is 1. The lowest BCUT2D eigenvalue weighted by Gasteiger charge is -2.11. The fourth-order valence-electron chi connectivity index (χ4n) is 1.51. The van der Waals surface area contributed by atoms with Crippen LogP contribution in [0.5, 0.6) is 0 Å². The number of rotatable bonds is 4. The Labute approximate surface area is 101 Å². The van der Waals surface area contributed by atoms with E-state index in [9.17, 15) is 4.79 Å². The minimum atomic E-state index is -0.955. The highest BCUT2D eigenvalue weighted by atomic mass is 79.9. The van der Waals surface area contributed by atoms with Gasteiger partial charge in [-0.2, -0.15) is 0 Å². The van der Waals surface area contributed by atoms with Crippen molar-refractivity contribution in [1.82, 2.24) is 9.97 Å². The molecule has 0 amide bonds. The van der Waals surface area contributed by atoms with Gasteiger partial charge in [0.05, 0.1) is 10.2 Å². The molecule has 1 heterocycles. The number of halogens is 1. The van der Waals surface area contributed by atoms with Gasteiger partial charge in [-0.1, -0.05) is 0 Å². The van der Waals surface area contributed by atoms with Crippen LogP contribution in [0.15, 0.2) is 10.7 Å². The molecule has 1 aromatic rings. The van der Waals surface area contributed by atoms with Crippen LogP contribution in [0.4, 0.5) is 0 Å². The van der Waals surface area contributed by atoms with Crippen molar-refractivity contribution >= 4 is 21.9 Å². The monoisotopic (exact) mass is 285 g/mol. The van der Waals surface area contributed by atoms with Crippen molar-refractivity contribution < 1.29 is 9.90 Å². The van der Waals surface area contributed by atoms with Crippen LogP contribution in [0.25, 0.3) is 0 Å². The number of aromatic nitrogens is 2. The molecule has 16 heavy (non-hydrogen) atoms. The summed E-state index contributed by atoms with van der Waals surface area (Å²) in [6, 6.07) is 0. The van der Waals surface area contributed by atoms with Gasteiger partial charge in [0.1, 0.15) is 11.7 Å². The molecular formula is C10H12BrN3O2. The lowest BCUT2D eigenvalue weighted by molar-refractivity contribution is -0.138. The molecule has 1 aliphatic rings. The first-order valence-electron chi connectivity index (χ1n) is 5.08. The molecule has 0 saturated heterocycles. The maximum atomic E-state index is 11.0. The molecule has 0 bridgehead atoms. The van der Waals surface area contributed by atoms with Gasteiger partial charge in [0, 0.05) is 18.7 Å². The molecule has 0 spiro atoms. The van der Waals surface area contributed by atoms with Crippen LogP contribution in [-0.2, 0) is 4.79 Å². The Hall–Kier alpha value is -1.01. The van der Waals surface area contributed by atoms with E-state index in [0.29, 0.717) is 16.1 Å². The molecule has 1 fully saturated rings. The van der Waals surface area contributed by atoms with Crippen molar-refractivity contribution in [3.8, 4) is 0 Å². The van der Waals surface area contributed by atoms with Gasteiger partial charge in [0.25, 0.3) is 0 Å². The standard InChI is InChI=1S/C10H12BrN3O2/c11-7-4-13-9(5-1-2-5)14-8(7)6(3-12)10(15)16/h4-6H,1-3,12H2,(H,15,16). The highest BCUT2D eigenvalue weighted by Gasteiger charge is 2.29. The van der Waals surface area contributed by atoms with Crippen LogP contribution in [0, 0.1) is 0 Å². The van der Waals surface area contributed by atoms with Crippen molar-refractivity contribution in [2.75, 3.05) is 6.54 Å². The number of hydrogen-bond donors (Lipinski definition) is 2. The summed E-state index contributed by atoms with van der Waals surface area (Å²) >= 11 is 3.27. The normalized spacial score (nSPS) is 17.1. The van der Waals surface area contributed by atoms with E-state index < -0.39 is 11.9 Å². The Kier molecular flexibility index (Phi) is 3.20. The Morgan fingerprint density at radius 1 is 1.69 bits per heavy atom. The van der Waals surface area contributed by atoms with Crippen LogP contribution in [0.1, 0.15) is 36.2 Å². The largest absolute Gasteiger partial charge is 0.481 e. The summed E-state index contributed by atoms with van der Waals surface area (Å²) in [6.45, 7) is 0.0368. The minimum absolute atomic E-state index is 0.0368. The van der Waals surface area contributed by atoms with Crippen molar-refractivity contribution in [2.45, 2.75) is 24.7 Å². The highest BCUT2D eigenvalue weighted by molar-refractivity contribution is 9.10. The smallest absolute Gasteiger partial charge is 0.313 e. The molecule has 1 unspecified atom stereocenters. The average molecular weight is 286 g/mol. The molecule has 3 N–H and O–H groups in total. The van der Waals surface area contributed by atoms with E-state index in [2.05, 4.69) is 25.9 Å². The van der Waals surface area contributed by atoms with Crippen LogP contribution in [0.3, 0.4) is 0 Å². The Morgan fingerprint density at radius 3 is 2.88 bits per heavy atom. The lowest BCUT2D eigenvalue weighted by atomic mass is 10.1. The maximum Gasteiger partial charge on any atom is 0.313 e. The second kappa shape index (κ2) is 4.47. The first-order chi connectivity index (χ1) is 7.63. The quantitative estimate of drug-likeness (QED) is 0.869. The lowest BCUT2D eigenvalue weighted by Crippen LogP contribution is -2.23. The molecule has 1 aliphatic carbocycles. The van der Waals surface area contributed by atoms with Crippen LogP contribution in [-0.4, -0.2) is 27.6 Å². The molecule has 5 nitrogen and oxygen atoms in total. The number of carbonyl (C=O) groups is 1. The molecule has 0 radical (unpaired) electrons. The Morgan fingerprint density at radius 2 is 2.38 bits per heavy atom. The third kappa shape index (κ3) is 2.22. The molecule has 0 aromatic carbocycles. The number of nitrogens with zero attached hydrogens (tertiary/aromatic N) is 2. The predicted molar refractivity (Wildman–Crippen MR) is 61.1 cm³/mol. The van der Waals surface area contributed by atoms with Crippen molar-refractivity contribution in [3.05, 3.63) is 22.2 Å². The molecule has 86 valence electrons. The van der Waals surface area contributed by atoms with Gasteiger partial charge in [-0.05, 0) is 28.8 Å². The van der Waals surface area contributed by atoms with Crippen molar-refractivity contribution in [2.24, 2.45) is 5.73 Å². The minimum Gasteiger partial charge on any atom is -0.481 e. The highest BCUT2D eigenvalue weighted by Crippen LogP contribution is 2.38. The fraction of sp³-hybridized carbons (Fsp3) is 0.500. The summed E-state index contributed by atoms with van der Waals surface area (Å²) in [6.07, 6.45) is 3.78. The van der Waals surface area contributed by atoms with Crippen LogP contribution in [0.2, 0.25) is 0 Å². The number of nitrogens with two attached hydrogens (primary N) is 1. The van der Waals surface area contributed by atoms with Gasteiger partial charge >= 0.3 is 5.97 Å².